The van der Waals surface area contributed by atoms with Crippen LogP contribution in [-0.4, -0.2) is 11.8 Å². The van der Waals surface area contributed by atoms with Gasteiger partial charge in [-0.25, -0.2) is 0 Å². The predicted octanol–water partition coefficient (Wildman–Crippen LogP) is 3.47. The first-order valence-corrected chi connectivity index (χ1v) is 6.36. The maximum Gasteiger partial charge on any atom is 0.0127 e. The summed E-state index contributed by atoms with van der Waals surface area (Å²) < 4.78 is 0. The van der Waals surface area contributed by atoms with Gasteiger partial charge in [0.05, 0.1) is 0 Å². The van der Waals surface area contributed by atoms with Crippen LogP contribution in [0.25, 0.3) is 0 Å². The van der Waals surface area contributed by atoms with Crippen molar-refractivity contribution in [3.8, 4) is 0 Å². The zero-order valence-corrected chi connectivity index (χ0v) is 11.4. The Bertz CT molecular complexity index is 253. The number of halogens is 1. The van der Waals surface area contributed by atoms with Crippen molar-refractivity contribution in [1.82, 2.24) is 0 Å². The Morgan fingerprint density at radius 2 is 1.75 bits per heavy atom. The zero-order valence-electron chi connectivity index (χ0n) is 9.64. The van der Waals surface area contributed by atoms with Crippen molar-refractivity contribution in [2.45, 2.75) is 38.1 Å². The quantitative estimate of drug-likeness (QED) is 0.569. The second-order valence-corrected chi connectivity index (χ2v) is 4.39. The molecule has 0 radical (unpaired) electrons. The number of nitrogens with two attached hydrogens (primary N) is 1. The molecule has 0 aliphatic carbocycles. The molecule has 0 unspecified atom stereocenters. The van der Waals surface area contributed by atoms with E-state index in [0.717, 1.165) is 12.2 Å². The highest BCUT2D eigenvalue weighted by molar-refractivity contribution is 7.80. The van der Waals surface area contributed by atoms with Gasteiger partial charge >= 0.3 is 0 Å². The van der Waals surface area contributed by atoms with Crippen LogP contribution in [0.4, 0.5) is 0 Å². The molecule has 0 bridgehead atoms. The Labute approximate surface area is 111 Å². The second-order valence-electron chi connectivity index (χ2n) is 4.03. The van der Waals surface area contributed by atoms with Crippen molar-refractivity contribution >= 4 is 25.0 Å². The van der Waals surface area contributed by atoms with E-state index in [1.54, 1.807) is 0 Å². The standard InChI is InChI=1S/C13H21NS.ClH/c14-13(11-15)10-6-2-5-9-12-7-3-1-4-8-12;/h1,3-4,7-8,13,15H,2,5-6,9-11,14H2;1H/t13-;/m0./s1. The van der Waals surface area contributed by atoms with Crippen molar-refractivity contribution in [3.05, 3.63) is 35.9 Å². The van der Waals surface area contributed by atoms with Gasteiger partial charge in [-0.2, -0.15) is 12.6 Å². The third-order valence-electron chi connectivity index (χ3n) is 2.62. The highest BCUT2D eigenvalue weighted by Crippen LogP contribution is 2.08. The molecule has 0 amide bonds. The molecule has 0 spiro atoms. The predicted molar refractivity (Wildman–Crippen MR) is 77.7 cm³/mol. The SMILES string of the molecule is Cl.N[C@H](CS)CCCCCc1ccccc1. The van der Waals surface area contributed by atoms with E-state index in [4.69, 9.17) is 5.73 Å². The van der Waals surface area contributed by atoms with Crippen LogP contribution in [0.2, 0.25) is 0 Å². The minimum atomic E-state index is 0. The molecule has 16 heavy (non-hydrogen) atoms. The topological polar surface area (TPSA) is 26.0 Å². The third-order valence-corrected chi connectivity index (χ3v) is 3.09. The van der Waals surface area contributed by atoms with Crippen molar-refractivity contribution in [1.29, 1.82) is 0 Å². The fourth-order valence-corrected chi connectivity index (χ4v) is 1.83. The van der Waals surface area contributed by atoms with Gasteiger partial charge in [-0.1, -0.05) is 43.2 Å². The first-order chi connectivity index (χ1) is 7.33. The number of hydrogen-bond acceptors (Lipinski definition) is 2. The second kappa shape index (κ2) is 10.0. The lowest BCUT2D eigenvalue weighted by molar-refractivity contribution is 0.584. The number of thiol groups is 1. The molecule has 0 aromatic heterocycles. The molecule has 0 fully saturated rings. The molecule has 2 N–H and O–H groups in total. The van der Waals surface area contributed by atoms with Gasteiger partial charge in [-0.3, -0.25) is 0 Å². The largest absolute Gasteiger partial charge is 0.327 e. The lowest BCUT2D eigenvalue weighted by Crippen LogP contribution is -2.21. The van der Waals surface area contributed by atoms with E-state index in [-0.39, 0.29) is 18.4 Å². The average molecular weight is 260 g/mol. The zero-order chi connectivity index (χ0) is 10.9. The Balaban J connectivity index is 0.00000225. The molecule has 1 aromatic carbocycles. The van der Waals surface area contributed by atoms with Gasteiger partial charge < -0.3 is 5.73 Å². The molecule has 1 aromatic rings. The van der Waals surface area contributed by atoms with Gasteiger partial charge in [0, 0.05) is 11.8 Å². The van der Waals surface area contributed by atoms with E-state index in [0.29, 0.717) is 0 Å². The van der Waals surface area contributed by atoms with Gasteiger partial charge in [0.2, 0.25) is 0 Å². The van der Waals surface area contributed by atoms with Gasteiger partial charge in [0.15, 0.2) is 0 Å². The maximum absolute atomic E-state index is 5.79. The van der Waals surface area contributed by atoms with Crippen LogP contribution in [0.1, 0.15) is 31.2 Å². The molecule has 1 nitrogen and oxygen atoms in total. The minimum Gasteiger partial charge on any atom is -0.327 e. The summed E-state index contributed by atoms with van der Waals surface area (Å²) in [5, 5.41) is 0. The van der Waals surface area contributed by atoms with Crippen LogP contribution in [-0.2, 0) is 6.42 Å². The summed E-state index contributed by atoms with van der Waals surface area (Å²) in [5.41, 5.74) is 7.23. The van der Waals surface area contributed by atoms with E-state index < -0.39 is 0 Å². The molecule has 1 atom stereocenters. The summed E-state index contributed by atoms with van der Waals surface area (Å²) >= 11 is 4.17. The van der Waals surface area contributed by atoms with E-state index in [2.05, 4.69) is 43.0 Å². The van der Waals surface area contributed by atoms with Crippen molar-refractivity contribution in [2.75, 3.05) is 5.75 Å². The van der Waals surface area contributed by atoms with Crippen molar-refractivity contribution in [3.63, 3.8) is 0 Å². The van der Waals surface area contributed by atoms with Gasteiger partial charge in [-0.05, 0) is 24.8 Å². The first-order valence-electron chi connectivity index (χ1n) is 5.73. The average Bonchev–Trinajstić information content (AvgIpc) is 2.29. The first kappa shape index (κ1) is 15.8. The van der Waals surface area contributed by atoms with Crippen LogP contribution >= 0.6 is 25.0 Å². The molecular formula is C13H22ClNS. The fraction of sp³-hybridized carbons (Fsp3) is 0.538. The molecule has 92 valence electrons. The van der Waals surface area contributed by atoms with Crippen LogP contribution in [0.5, 0.6) is 0 Å². The smallest absolute Gasteiger partial charge is 0.0127 e. The number of rotatable bonds is 7. The normalized spacial score (nSPS) is 11.9. The molecule has 0 heterocycles. The molecule has 0 aliphatic heterocycles. The minimum absolute atomic E-state index is 0. The molecule has 1 rings (SSSR count). The fourth-order valence-electron chi connectivity index (χ4n) is 1.65. The van der Waals surface area contributed by atoms with Gasteiger partial charge in [0.25, 0.3) is 0 Å². The summed E-state index contributed by atoms with van der Waals surface area (Å²) in [6.07, 6.45) is 6.07. The van der Waals surface area contributed by atoms with Crippen LogP contribution < -0.4 is 5.73 Å². The van der Waals surface area contributed by atoms with Crippen molar-refractivity contribution in [2.24, 2.45) is 5.73 Å². The number of hydrogen-bond donors (Lipinski definition) is 2. The highest BCUT2D eigenvalue weighted by atomic mass is 35.5. The maximum atomic E-state index is 5.79. The van der Waals surface area contributed by atoms with E-state index in [9.17, 15) is 0 Å². The number of aryl methyl sites for hydroxylation is 1. The lowest BCUT2D eigenvalue weighted by atomic mass is 10.0. The number of benzene rings is 1. The van der Waals surface area contributed by atoms with Crippen LogP contribution in [0, 0.1) is 0 Å². The molecule has 0 saturated heterocycles. The summed E-state index contributed by atoms with van der Waals surface area (Å²) in [5.74, 6) is 0.804. The number of unbranched alkanes of at least 4 members (excludes halogenated alkanes) is 2. The summed E-state index contributed by atoms with van der Waals surface area (Å²) in [6.45, 7) is 0. The van der Waals surface area contributed by atoms with Crippen LogP contribution in [0.3, 0.4) is 0 Å². The Morgan fingerprint density at radius 1 is 1.06 bits per heavy atom. The molecule has 0 saturated carbocycles. The monoisotopic (exact) mass is 259 g/mol. The van der Waals surface area contributed by atoms with E-state index in [1.807, 2.05) is 0 Å². The molecule has 0 aliphatic rings. The van der Waals surface area contributed by atoms with Gasteiger partial charge in [-0.15, -0.1) is 12.4 Å². The van der Waals surface area contributed by atoms with Crippen LogP contribution in [0.15, 0.2) is 30.3 Å². The van der Waals surface area contributed by atoms with E-state index in [1.165, 1.54) is 31.2 Å². The highest BCUT2D eigenvalue weighted by Gasteiger charge is 1.98. The van der Waals surface area contributed by atoms with Gasteiger partial charge in [0.1, 0.15) is 0 Å². The Morgan fingerprint density at radius 3 is 2.38 bits per heavy atom. The summed E-state index contributed by atoms with van der Waals surface area (Å²) in [4.78, 5) is 0. The summed E-state index contributed by atoms with van der Waals surface area (Å²) in [7, 11) is 0. The Hall–Kier alpha value is -0.180. The van der Waals surface area contributed by atoms with Crippen molar-refractivity contribution < 1.29 is 0 Å². The molecule has 3 heteroatoms. The summed E-state index contributed by atoms with van der Waals surface area (Å²) in [6, 6.07) is 10.9. The third kappa shape index (κ3) is 7.15. The Kier molecular flexibility index (Phi) is 9.89. The van der Waals surface area contributed by atoms with E-state index >= 15 is 0 Å². The molecular weight excluding hydrogens is 238 g/mol. The lowest BCUT2D eigenvalue weighted by Gasteiger charge is -2.07.